The number of benzene rings is 1. The summed E-state index contributed by atoms with van der Waals surface area (Å²) in [4.78, 5) is 33.9. The number of nitro benzene ring substituents is 1. The fraction of sp³-hybridized carbons (Fsp3) is 0.385. The number of carbonyl (C=O) groups is 2. The zero-order chi connectivity index (χ0) is 15.4. The molecular weight excluding hydrogens is 276 g/mol. The van der Waals surface area contributed by atoms with Crippen LogP contribution in [0, 0.1) is 10.1 Å². The summed E-state index contributed by atoms with van der Waals surface area (Å²) in [6.45, 7) is 0.609. The van der Waals surface area contributed by atoms with Gasteiger partial charge in [0.25, 0.3) is 11.6 Å². The second-order valence-corrected chi connectivity index (χ2v) is 4.70. The summed E-state index contributed by atoms with van der Waals surface area (Å²) in [5.74, 6) is -0.540. The van der Waals surface area contributed by atoms with E-state index in [1.165, 1.54) is 25.2 Å². The number of anilines is 1. The third-order valence-electron chi connectivity index (χ3n) is 3.30. The second kappa shape index (κ2) is 6.21. The molecule has 0 aromatic heterocycles. The Labute approximate surface area is 121 Å². The number of hydrogen-bond donors (Lipinski definition) is 3. The fourth-order valence-electron chi connectivity index (χ4n) is 2.19. The van der Waals surface area contributed by atoms with Gasteiger partial charge in [0, 0.05) is 25.2 Å². The highest BCUT2D eigenvalue weighted by Gasteiger charge is 2.25. The highest BCUT2D eigenvalue weighted by Crippen LogP contribution is 2.27. The van der Waals surface area contributed by atoms with Crippen LogP contribution in [-0.4, -0.2) is 36.4 Å². The molecule has 2 rings (SSSR count). The van der Waals surface area contributed by atoms with Crippen molar-refractivity contribution in [2.45, 2.75) is 18.9 Å². The number of nitrogens with zero attached hydrogens (tertiary/aromatic N) is 1. The Bertz CT molecular complexity index is 588. The Morgan fingerprint density at radius 1 is 1.48 bits per heavy atom. The highest BCUT2D eigenvalue weighted by molar-refractivity contribution is 5.96. The number of hydrogen-bond acceptors (Lipinski definition) is 5. The van der Waals surface area contributed by atoms with Gasteiger partial charge in [-0.1, -0.05) is 0 Å². The Morgan fingerprint density at radius 3 is 2.86 bits per heavy atom. The molecule has 1 saturated heterocycles. The Balaban J connectivity index is 2.31. The molecule has 1 aromatic carbocycles. The van der Waals surface area contributed by atoms with Gasteiger partial charge in [0.15, 0.2) is 0 Å². The first kappa shape index (κ1) is 14.8. The number of carbonyl (C=O) groups excluding carboxylic acids is 2. The molecule has 0 radical (unpaired) electrons. The van der Waals surface area contributed by atoms with Crippen molar-refractivity contribution in [3.63, 3.8) is 0 Å². The molecule has 1 aliphatic rings. The van der Waals surface area contributed by atoms with Gasteiger partial charge in [0.1, 0.15) is 11.7 Å². The largest absolute Gasteiger partial charge is 0.368 e. The Hall–Kier alpha value is -2.64. The molecule has 1 heterocycles. The summed E-state index contributed by atoms with van der Waals surface area (Å²) in [6.07, 6.45) is 1.39. The molecule has 2 amide bonds. The van der Waals surface area contributed by atoms with Crippen LogP contribution in [0.4, 0.5) is 11.4 Å². The predicted molar refractivity (Wildman–Crippen MR) is 76.1 cm³/mol. The quantitative estimate of drug-likeness (QED) is 0.557. The van der Waals surface area contributed by atoms with E-state index < -0.39 is 11.0 Å². The first-order valence-corrected chi connectivity index (χ1v) is 6.57. The summed E-state index contributed by atoms with van der Waals surface area (Å²) in [7, 11) is 1.48. The Morgan fingerprint density at radius 2 is 2.24 bits per heavy atom. The summed E-state index contributed by atoms with van der Waals surface area (Å²) in [6, 6.07) is 3.49. The van der Waals surface area contributed by atoms with Gasteiger partial charge in [-0.2, -0.15) is 0 Å². The molecule has 0 spiro atoms. The molecule has 8 heteroatoms. The molecule has 3 N–H and O–H groups in total. The van der Waals surface area contributed by atoms with E-state index in [1.807, 2.05) is 0 Å². The molecule has 8 nitrogen and oxygen atoms in total. The van der Waals surface area contributed by atoms with Crippen molar-refractivity contribution in [1.29, 1.82) is 0 Å². The molecule has 1 fully saturated rings. The maximum Gasteiger partial charge on any atom is 0.292 e. The van der Waals surface area contributed by atoms with Gasteiger partial charge in [0.05, 0.1) is 4.92 Å². The van der Waals surface area contributed by atoms with Gasteiger partial charge < -0.3 is 16.0 Å². The van der Waals surface area contributed by atoms with Crippen molar-refractivity contribution in [3.8, 4) is 0 Å². The molecule has 0 aliphatic carbocycles. The van der Waals surface area contributed by atoms with E-state index >= 15 is 0 Å². The van der Waals surface area contributed by atoms with Crippen LogP contribution < -0.4 is 16.0 Å². The first-order chi connectivity index (χ1) is 10.0. The van der Waals surface area contributed by atoms with Crippen LogP contribution in [0.15, 0.2) is 18.2 Å². The van der Waals surface area contributed by atoms with Crippen LogP contribution >= 0.6 is 0 Å². The Kier molecular flexibility index (Phi) is 4.36. The predicted octanol–water partition coefficient (Wildman–Crippen LogP) is 0.645. The standard InChI is InChI=1S/C13H16N4O4/c1-14-12(18)8-4-5-11(17(20)21)10(7-8)16-9-3-2-6-15-13(9)19/h4-5,7,9,16H,2-3,6H2,1H3,(H,14,18)(H,15,19). The zero-order valence-corrected chi connectivity index (χ0v) is 11.5. The van der Waals surface area contributed by atoms with Gasteiger partial charge >= 0.3 is 0 Å². The lowest BCUT2D eigenvalue weighted by atomic mass is 10.1. The van der Waals surface area contributed by atoms with Crippen LogP contribution in [-0.2, 0) is 4.79 Å². The summed E-state index contributed by atoms with van der Waals surface area (Å²) in [5.41, 5.74) is 0.297. The summed E-state index contributed by atoms with van der Waals surface area (Å²) >= 11 is 0. The minimum absolute atomic E-state index is 0.166. The third-order valence-corrected chi connectivity index (χ3v) is 3.30. The van der Waals surface area contributed by atoms with Gasteiger partial charge in [0.2, 0.25) is 5.91 Å². The van der Waals surface area contributed by atoms with Gasteiger partial charge in [-0.15, -0.1) is 0 Å². The number of amides is 2. The smallest absolute Gasteiger partial charge is 0.292 e. The lowest BCUT2D eigenvalue weighted by molar-refractivity contribution is -0.384. The van der Waals surface area contributed by atoms with Crippen LogP contribution in [0.25, 0.3) is 0 Å². The molecule has 21 heavy (non-hydrogen) atoms. The van der Waals surface area contributed by atoms with Crippen LogP contribution in [0.3, 0.4) is 0 Å². The van der Waals surface area contributed by atoms with E-state index in [2.05, 4.69) is 16.0 Å². The molecule has 1 unspecified atom stereocenters. The lowest BCUT2D eigenvalue weighted by Crippen LogP contribution is -2.44. The van der Waals surface area contributed by atoms with E-state index in [0.717, 1.165) is 6.42 Å². The van der Waals surface area contributed by atoms with Crippen molar-refractivity contribution in [2.24, 2.45) is 0 Å². The van der Waals surface area contributed by atoms with Crippen molar-refractivity contribution >= 4 is 23.2 Å². The maximum absolute atomic E-state index is 11.7. The average Bonchev–Trinajstić information content (AvgIpc) is 2.48. The minimum Gasteiger partial charge on any atom is -0.368 e. The zero-order valence-electron chi connectivity index (χ0n) is 11.5. The van der Waals surface area contributed by atoms with E-state index in [0.29, 0.717) is 18.5 Å². The van der Waals surface area contributed by atoms with Gasteiger partial charge in [-0.25, -0.2) is 0 Å². The topological polar surface area (TPSA) is 113 Å². The number of piperidine rings is 1. The van der Waals surface area contributed by atoms with Crippen molar-refractivity contribution in [2.75, 3.05) is 18.9 Å². The lowest BCUT2D eigenvalue weighted by Gasteiger charge is -2.23. The number of nitro groups is 1. The van der Waals surface area contributed by atoms with E-state index in [9.17, 15) is 19.7 Å². The first-order valence-electron chi connectivity index (χ1n) is 6.57. The van der Waals surface area contributed by atoms with E-state index in [4.69, 9.17) is 0 Å². The third kappa shape index (κ3) is 3.28. The van der Waals surface area contributed by atoms with Gasteiger partial charge in [-0.05, 0) is 25.0 Å². The molecule has 1 aliphatic heterocycles. The van der Waals surface area contributed by atoms with E-state index in [1.54, 1.807) is 0 Å². The second-order valence-electron chi connectivity index (χ2n) is 4.70. The molecule has 0 saturated carbocycles. The van der Waals surface area contributed by atoms with Crippen LogP contribution in [0.1, 0.15) is 23.2 Å². The van der Waals surface area contributed by atoms with Gasteiger partial charge in [-0.3, -0.25) is 19.7 Å². The fourth-order valence-corrected chi connectivity index (χ4v) is 2.19. The van der Waals surface area contributed by atoms with Crippen molar-refractivity contribution in [1.82, 2.24) is 10.6 Å². The molecule has 0 bridgehead atoms. The maximum atomic E-state index is 11.7. The normalized spacial score (nSPS) is 17.8. The summed E-state index contributed by atoms with van der Waals surface area (Å²) < 4.78 is 0. The van der Waals surface area contributed by atoms with E-state index in [-0.39, 0.29) is 23.2 Å². The van der Waals surface area contributed by atoms with Crippen molar-refractivity contribution < 1.29 is 14.5 Å². The number of nitrogens with one attached hydrogen (secondary N) is 3. The SMILES string of the molecule is CNC(=O)c1ccc([N+](=O)[O-])c(NC2CCCNC2=O)c1. The van der Waals surface area contributed by atoms with Crippen molar-refractivity contribution in [3.05, 3.63) is 33.9 Å². The van der Waals surface area contributed by atoms with Crippen LogP contribution in [0.5, 0.6) is 0 Å². The summed E-state index contributed by atoms with van der Waals surface area (Å²) in [5, 5.41) is 19.1. The molecule has 112 valence electrons. The molecular formula is C13H16N4O4. The highest BCUT2D eigenvalue weighted by atomic mass is 16.6. The molecule has 1 atom stereocenters. The minimum atomic E-state index is -0.545. The molecule has 1 aromatic rings. The van der Waals surface area contributed by atoms with Crippen LogP contribution in [0.2, 0.25) is 0 Å². The monoisotopic (exact) mass is 292 g/mol. The average molecular weight is 292 g/mol. The number of rotatable bonds is 4.